The Bertz CT molecular complexity index is 1640. The third-order valence-corrected chi connectivity index (χ3v) is 6.94. The highest BCUT2D eigenvalue weighted by atomic mass is 32.2. The Morgan fingerprint density at radius 2 is 1.55 bits per heavy atom. The Morgan fingerprint density at radius 3 is 2.27 bits per heavy atom. The molecule has 1 saturated heterocycles. The third kappa shape index (κ3) is 5.56. The molecule has 204 valence electrons. The van der Waals surface area contributed by atoms with E-state index in [0.29, 0.717) is 54.2 Å². The maximum absolute atomic E-state index is 14.1. The first kappa shape index (κ1) is 26.0. The normalized spacial score (nSPS) is 13.8. The van der Waals surface area contributed by atoms with Crippen LogP contribution in [-0.4, -0.2) is 60.8 Å². The summed E-state index contributed by atoms with van der Waals surface area (Å²) in [5, 5.41) is 0.658. The topological polar surface area (TPSA) is 104 Å². The minimum Gasteiger partial charge on any atom is -0.424 e. The molecule has 0 saturated carbocycles. The number of hydrogen-bond acceptors (Lipinski definition) is 10. The molecule has 2 aromatic carbocycles. The number of aryl methyl sites for hydroxylation is 2. The van der Waals surface area contributed by atoms with Gasteiger partial charge in [0.1, 0.15) is 5.75 Å². The summed E-state index contributed by atoms with van der Waals surface area (Å²) in [7, 11) is 0. The van der Waals surface area contributed by atoms with Crippen molar-refractivity contribution in [3.63, 3.8) is 0 Å². The zero-order chi connectivity index (χ0) is 27.6. The van der Waals surface area contributed by atoms with Crippen molar-refractivity contribution in [1.29, 1.82) is 0 Å². The van der Waals surface area contributed by atoms with E-state index in [-0.39, 0.29) is 12.0 Å². The van der Waals surface area contributed by atoms with Gasteiger partial charge in [0.25, 0.3) is 6.43 Å². The molecule has 1 fully saturated rings. The number of benzene rings is 2. The average Bonchev–Trinajstić information content (AvgIpc) is 3.34. The fraction of sp³-hybridized carbons (Fsp3) is 0.259. The van der Waals surface area contributed by atoms with E-state index in [1.54, 1.807) is 36.4 Å². The van der Waals surface area contributed by atoms with Gasteiger partial charge in [0.05, 0.1) is 24.2 Å². The monoisotopic (exact) mass is 562 g/mol. The summed E-state index contributed by atoms with van der Waals surface area (Å²) in [5.41, 5.74) is 2.67. The molecule has 5 aromatic rings. The van der Waals surface area contributed by atoms with Gasteiger partial charge in [0.15, 0.2) is 11.0 Å². The molecule has 3 aromatic heterocycles. The molecule has 13 heteroatoms. The van der Waals surface area contributed by atoms with Gasteiger partial charge < -0.3 is 14.4 Å². The summed E-state index contributed by atoms with van der Waals surface area (Å²) in [6.45, 7) is 5.94. The summed E-state index contributed by atoms with van der Waals surface area (Å²) >= 11 is 1.44. The number of para-hydroxylation sites is 2. The number of anilines is 1. The van der Waals surface area contributed by atoms with E-state index in [0.717, 1.165) is 16.3 Å². The van der Waals surface area contributed by atoms with Gasteiger partial charge in [-0.2, -0.15) is 15.0 Å². The molecule has 0 atom stereocenters. The molecular formula is C27H24F2N8O2S. The number of ether oxygens (including phenoxy) is 2. The number of fused-ring (bicyclic) bond motifs is 1. The number of halogens is 2. The Hall–Kier alpha value is -4.23. The van der Waals surface area contributed by atoms with Gasteiger partial charge >= 0.3 is 6.01 Å². The number of morpholine rings is 1. The lowest BCUT2D eigenvalue weighted by Crippen LogP contribution is -2.37. The second-order valence-electron chi connectivity index (χ2n) is 9.02. The second-order valence-corrected chi connectivity index (χ2v) is 10.1. The number of aromatic nitrogens is 7. The maximum atomic E-state index is 14.1. The number of hydrogen-bond donors (Lipinski definition) is 0. The first-order valence-electron chi connectivity index (χ1n) is 12.6. The van der Waals surface area contributed by atoms with Crippen molar-refractivity contribution in [2.24, 2.45) is 0 Å². The molecule has 0 amide bonds. The number of alkyl halides is 2. The van der Waals surface area contributed by atoms with Crippen molar-refractivity contribution in [3.8, 4) is 17.7 Å². The van der Waals surface area contributed by atoms with Crippen molar-refractivity contribution >= 4 is 28.7 Å². The van der Waals surface area contributed by atoms with Crippen LogP contribution in [0.3, 0.4) is 0 Å². The molecule has 0 N–H and O–H groups in total. The smallest absolute Gasteiger partial charge is 0.328 e. The van der Waals surface area contributed by atoms with E-state index in [4.69, 9.17) is 9.47 Å². The Morgan fingerprint density at radius 1 is 0.850 bits per heavy atom. The van der Waals surface area contributed by atoms with Crippen LogP contribution >= 0.6 is 11.8 Å². The van der Waals surface area contributed by atoms with Gasteiger partial charge in [-0.15, -0.1) is 0 Å². The lowest BCUT2D eigenvalue weighted by molar-refractivity contribution is 0.122. The van der Waals surface area contributed by atoms with Gasteiger partial charge in [-0.3, -0.25) is 4.57 Å². The molecular weight excluding hydrogens is 538 g/mol. The Kier molecular flexibility index (Phi) is 7.22. The molecule has 0 bridgehead atoms. The maximum Gasteiger partial charge on any atom is 0.328 e. The molecule has 1 aliphatic heterocycles. The Balaban J connectivity index is 1.35. The van der Waals surface area contributed by atoms with Gasteiger partial charge in [-0.1, -0.05) is 12.1 Å². The number of imidazole rings is 1. The zero-order valence-corrected chi connectivity index (χ0v) is 22.5. The summed E-state index contributed by atoms with van der Waals surface area (Å²) in [4.78, 5) is 29.4. The van der Waals surface area contributed by atoms with Crippen molar-refractivity contribution in [2.75, 3.05) is 31.2 Å². The molecule has 10 nitrogen and oxygen atoms in total. The van der Waals surface area contributed by atoms with Gasteiger partial charge in [-0.05, 0) is 68.1 Å². The number of nitrogens with zero attached hydrogens (tertiary/aromatic N) is 8. The van der Waals surface area contributed by atoms with Crippen LogP contribution in [0.1, 0.15) is 23.6 Å². The molecule has 4 heterocycles. The van der Waals surface area contributed by atoms with E-state index in [2.05, 4.69) is 29.9 Å². The van der Waals surface area contributed by atoms with Crippen LogP contribution in [0.15, 0.2) is 64.6 Å². The summed E-state index contributed by atoms with van der Waals surface area (Å²) in [5.74, 6) is 0.316. The molecule has 6 rings (SSSR count). The van der Waals surface area contributed by atoms with Gasteiger partial charge in [-0.25, -0.2) is 23.7 Å². The quantitative estimate of drug-likeness (QED) is 0.242. The average molecular weight is 563 g/mol. The van der Waals surface area contributed by atoms with Crippen LogP contribution in [0.5, 0.6) is 11.8 Å². The van der Waals surface area contributed by atoms with Gasteiger partial charge in [0.2, 0.25) is 11.9 Å². The Labute approximate surface area is 232 Å². The number of rotatable bonds is 7. The standard InChI is InChI=1S/C27H24F2N8O2S/c1-16-15-17(2)31-27(30-16)40-19-9-7-18(8-10-19)39-26-34-24(36-11-13-38-14-12-36)33-25(35-26)37-21-6-4-3-5-20(21)32-23(37)22(28)29/h3-10,15,22H,11-14H2,1-2H3. The molecule has 0 spiro atoms. The zero-order valence-electron chi connectivity index (χ0n) is 21.7. The van der Waals surface area contributed by atoms with Crippen LogP contribution in [0.4, 0.5) is 14.7 Å². The van der Waals surface area contributed by atoms with Crippen LogP contribution in [0.25, 0.3) is 17.0 Å². The van der Waals surface area contributed by atoms with E-state index in [1.165, 1.54) is 16.3 Å². The van der Waals surface area contributed by atoms with Crippen LogP contribution in [0.2, 0.25) is 0 Å². The predicted octanol–water partition coefficient (Wildman–Crippen LogP) is 5.34. The van der Waals surface area contributed by atoms with Gasteiger partial charge in [0, 0.05) is 29.4 Å². The molecule has 0 unspecified atom stereocenters. The van der Waals surface area contributed by atoms with E-state index < -0.39 is 12.2 Å². The van der Waals surface area contributed by atoms with Crippen LogP contribution < -0.4 is 9.64 Å². The fourth-order valence-corrected chi connectivity index (χ4v) is 5.18. The first-order chi connectivity index (χ1) is 19.4. The summed E-state index contributed by atoms with van der Waals surface area (Å²) in [6.07, 6.45) is -2.84. The van der Waals surface area contributed by atoms with Crippen LogP contribution in [0, 0.1) is 13.8 Å². The summed E-state index contributed by atoms with van der Waals surface area (Å²) in [6, 6.07) is 16.1. The summed E-state index contributed by atoms with van der Waals surface area (Å²) < 4.78 is 40.9. The SMILES string of the molecule is Cc1cc(C)nc(Sc2ccc(Oc3nc(N4CCOCC4)nc(-n4c(C(F)F)nc5ccccc54)n3)cc2)n1. The second kappa shape index (κ2) is 11.1. The third-order valence-electron chi connectivity index (χ3n) is 6.07. The lowest BCUT2D eigenvalue weighted by atomic mass is 10.3. The lowest BCUT2D eigenvalue weighted by Gasteiger charge is -2.27. The fourth-order valence-electron chi connectivity index (χ4n) is 4.31. The highest BCUT2D eigenvalue weighted by molar-refractivity contribution is 7.99. The van der Waals surface area contributed by atoms with E-state index in [9.17, 15) is 8.78 Å². The predicted molar refractivity (Wildman–Crippen MR) is 145 cm³/mol. The molecule has 0 radical (unpaired) electrons. The van der Waals surface area contributed by atoms with Crippen molar-refractivity contribution in [1.82, 2.24) is 34.5 Å². The van der Waals surface area contributed by atoms with E-state index >= 15 is 0 Å². The van der Waals surface area contributed by atoms with Crippen molar-refractivity contribution < 1.29 is 18.3 Å². The molecule has 1 aliphatic rings. The van der Waals surface area contributed by atoms with Crippen molar-refractivity contribution in [3.05, 3.63) is 71.8 Å². The minimum absolute atomic E-state index is 0.00497. The first-order valence-corrected chi connectivity index (χ1v) is 13.4. The molecule has 0 aliphatic carbocycles. The van der Waals surface area contributed by atoms with E-state index in [1.807, 2.05) is 36.9 Å². The highest BCUT2D eigenvalue weighted by Crippen LogP contribution is 2.31. The minimum atomic E-state index is -2.84. The molecule has 40 heavy (non-hydrogen) atoms. The largest absolute Gasteiger partial charge is 0.424 e. The highest BCUT2D eigenvalue weighted by Gasteiger charge is 2.25. The van der Waals surface area contributed by atoms with Crippen LogP contribution in [-0.2, 0) is 4.74 Å². The van der Waals surface area contributed by atoms with Crippen molar-refractivity contribution in [2.45, 2.75) is 30.3 Å².